The third-order valence-corrected chi connectivity index (χ3v) is 3.00. The predicted octanol–water partition coefficient (Wildman–Crippen LogP) is 3.86. The second-order valence-electron chi connectivity index (χ2n) is 4.07. The van der Waals surface area contributed by atoms with Crippen molar-refractivity contribution >= 4 is 40.5 Å². The van der Waals surface area contributed by atoms with Gasteiger partial charge in [-0.15, -0.1) is 0 Å². The molecule has 0 aliphatic carbocycles. The first kappa shape index (κ1) is 15.1. The molecule has 0 unspecified atom stereocenters. The molecule has 0 aliphatic rings. The molecule has 0 radical (unpaired) electrons. The van der Waals surface area contributed by atoms with Gasteiger partial charge in [0.2, 0.25) is 0 Å². The highest BCUT2D eigenvalue weighted by Crippen LogP contribution is 2.28. The first-order valence-electron chi connectivity index (χ1n) is 5.61. The summed E-state index contributed by atoms with van der Waals surface area (Å²) in [6.45, 7) is 0. The quantitative estimate of drug-likeness (QED) is 0.508. The molecule has 2 N–H and O–H groups in total. The molecule has 1 amide bonds. The van der Waals surface area contributed by atoms with E-state index in [2.05, 4.69) is 5.32 Å². The van der Waals surface area contributed by atoms with Gasteiger partial charge in [-0.3, -0.25) is 14.9 Å². The van der Waals surface area contributed by atoms with E-state index in [4.69, 9.17) is 23.2 Å². The zero-order chi connectivity index (χ0) is 15.6. The van der Waals surface area contributed by atoms with E-state index in [9.17, 15) is 20.0 Å². The van der Waals surface area contributed by atoms with Crippen molar-refractivity contribution in [2.45, 2.75) is 0 Å². The Hall–Kier alpha value is -2.31. The van der Waals surface area contributed by atoms with Crippen molar-refractivity contribution in [1.82, 2.24) is 0 Å². The number of carbonyl (C=O) groups excluding carboxylic acids is 1. The van der Waals surface area contributed by atoms with Gasteiger partial charge in [0.25, 0.3) is 11.6 Å². The molecule has 6 nitrogen and oxygen atoms in total. The average molecular weight is 327 g/mol. The summed E-state index contributed by atoms with van der Waals surface area (Å²) in [5, 5.41) is 23.2. The van der Waals surface area contributed by atoms with Crippen molar-refractivity contribution in [1.29, 1.82) is 0 Å². The molecule has 0 aliphatic heterocycles. The van der Waals surface area contributed by atoms with Crippen LogP contribution in [-0.4, -0.2) is 15.9 Å². The highest BCUT2D eigenvalue weighted by Gasteiger charge is 2.14. The number of amides is 1. The zero-order valence-corrected chi connectivity index (χ0v) is 11.9. The molecule has 0 bridgehead atoms. The van der Waals surface area contributed by atoms with Gasteiger partial charge in [0.15, 0.2) is 0 Å². The van der Waals surface area contributed by atoms with Crippen molar-refractivity contribution in [2.24, 2.45) is 0 Å². The van der Waals surface area contributed by atoms with E-state index < -0.39 is 16.6 Å². The normalized spacial score (nSPS) is 10.2. The number of hydrogen-bond donors (Lipinski definition) is 2. The maximum absolute atomic E-state index is 12.0. The fourth-order valence-corrected chi connectivity index (χ4v) is 2.14. The summed E-state index contributed by atoms with van der Waals surface area (Å²) in [4.78, 5) is 21.9. The van der Waals surface area contributed by atoms with E-state index in [-0.39, 0.29) is 16.9 Å². The minimum absolute atomic E-state index is 0.0432. The summed E-state index contributed by atoms with van der Waals surface area (Å²) < 4.78 is 0. The second-order valence-corrected chi connectivity index (χ2v) is 4.94. The van der Waals surface area contributed by atoms with Crippen LogP contribution in [0.3, 0.4) is 0 Å². The van der Waals surface area contributed by atoms with Gasteiger partial charge in [-0.1, -0.05) is 23.2 Å². The Kier molecular flexibility index (Phi) is 4.30. The van der Waals surface area contributed by atoms with E-state index in [0.29, 0.717) is 10.0 Å². The molecule has 8 heteroatoms. The fraction of sp³-hybridized carbons (Fsp3) is 0. The van der Waals surface area contributed by atoms with Gasteiger partial charge in [-0.2, -0.15) is 0 Å². The molecule has 0 spiro atoms. The molecule has 108 valence electrons. The molecular formula is C13H8Cl2N2O4. The topological polar surface area (TPSA) is 92.5 Å². The minimum Gasteiger partial charge on any atom is -0.506 e. The number of anilines is 1. The van der Waals surface area contributed by atoms with E-state index in [1.54, 1.807) is 0 Å². The molecule has 2 rings (SSSR count). The fourth-order valence-electron chi connectivity index (χ4n) is 1.62. The Balaban J connectivity index is 2.25. The summed E-state index contributed by atoms with van der Waals surface area (Å²) >= 11 is 11.6. The molecule has 21 heavy (non-hydrogen) atoms. The molecule has 0 saturated carbocycles. The van der Waals surface area contributed by atoms with Crippen LogP contribution in [0.15, 0.2) is 36.4 Å². The second kappa shape index (κ2) is 5.99. The number of nitrogens with one attached hydrogen (secondary N) is 1. The van der Waals surface area contributed by atoms with Crippen LogP contribution in [0.25, 0.3) is 0 Å². The maximum atomic E-state index is 12.0. The summed E-state index contributed by atoms with van der Waals surface area (Å²) in [6, 6.07) is 7.64. The Bertz CT molecular complexity index is 714. The van der Waals surface area contributed by atoms with Crippen LogP contribution in [0.1, 0.15) is 10.4 Å². The van der Waals surface area contributed by atoms with Crippen molar-refractivity contribution in [2.75, 3.05) is 5.32 Å². The van der Waals surface area contributed by atoms with Crippen LogP contribution in [0.5, 0.6) is 5.75 Å². The number of nitrogens with zero attached hydrogens (tertiary/aromatic N) is 1. The van der Waals surface area contributed by atoms with E-state index >= 15 is 0 Å². The Morgan fingerprint density at radius 3 is 2.29 bits per heavy atom. The van der Waals surface area contributed by atoms with Crippen LogP contribution >= 0.6 is 23.2 Å². The Morgan fingerprint density at radius 1 is 1.14 bits per heavy atom. The number of aromatic hydroxyl groups is 1. The number of phenols is 1. The number of phenolic OH excluding ortho intramolecular Hbond substituents is 1. The molecule has 0 saturated heterocycles. The number of hydrogen-bond acceptors (Lipinski definition) is 4. The predicted molar refractivity (Wildman–Crippen MR) is 79.2 cm³/mol. The number of benzene rings is 2. The zero-order valence-electron chi connectivity index (χ0n) is 10.3. The van der Waals surface area contributed by atoms with Crippen LogP contribution in [0.2, 0.25) is 10.0 Å². The van der Waals surface area contributed by atoms with Gasteiger partial charge < -0.3 is 10.4 Å². The lowest BCUT2D eigenvalue weighted by molar-refractivity contribution is -0.384. The van der Waals surface area contributed by atoms with Gasteiger partial charge in [0.1, 0.15) is 5.75 Å². The molecule has 0 aromatic heterocycles. The molecular weight excluding hydrogens is 319 g/mol. The van der Waals surface area contributed by atoms with Gasteiger partial charge in [0.05, 0.1) is 16.7 Å². The minimum atomic E-state index is -0.651. The summed E-state index contributed by atoms with van der Waals surface area (Å²) in [6.07, 6.45) is 0. The van der Waals surface area contributed by atoms with E-state index in [1.807, 2.05) is 0 Å². The Labute approximate surface area is 129 Å². The lowest BCUT2D eigenvalue weighted by Gasteiger charge is -2.08. The third-order valence-electron chi connectivity index (χ3n) is 2.57. The smallest absolute Gasteiger partial charge is 0.273 e. The van der Waals surface area contributed by atoms with Crippen molar-refractivity contribution in [3.8, 4) is 5.75 Å². The van der Waals surface area contributed by atoms with Crippen molar-refractivity contribution < 1.29 is 14.8 Å². The lowest BCUT2D eigenvalue weighted by atomic mass is 10.2. The SMILES string of the molecule is O=C(Nc1ccc([N+](=O)[O-])cc1O)c1cc(Cl)cc(Cl)c1. The molecule has 0 fully saturated rings. The average Bonchev–Trinajstić information content (AvgIpc) is 2.39. The summed E-state index contributed by atoms with van der Waals surface area (Å²) in [7, 11) is 0. The van der Waals surface area contributed by atoms with Crippen LogP contribution < -0.4 is 5.32 Å². The summed E-state index contributed by atoms with van der Waals surface area (Å²) in [5.74, 6) is -0.964. The number of halogens is 2. The standard InChI is InChI=1S/C13H8Cl2N2O4/c14-8-3-7(4-9(15)5-8)13(19)16-11-2-1-10(17(20)21)6-12(11)18/h1-6,18H,(H,16,19). The molecule has 2 aromatic carbocycles. The van der Waals surface area contributed by atoms with Gasteiger partial charge in [0, 0.05) is 21.7 Å². The van der Waals surface area contributed by atoms with Crippen LogP contribution in [0.4, 0.5) is 11.4 Å². The lowest BCUT2D eigenvalue weighted by Crippen LogP contribution is -2.12. The van der Waals surface area contributed by atoms with Gasteiger partial charge in [-0.25, -0.2) is 0 Å². The maximum Gasteiger partial charge on any atom is 0.273 e. The van der Waals surface area contributed by atoms with Gasteiger partial charge >= 0.3 is 0 Å². The van der Waals surface area contributed by atoms with Gasteiger partial charge in [-0.05, 0) is 24.3 Å². The first-order valence-corrected chi connectivity index (χ1v) is 6.37. The van der Waals surface area contributed by atoms with Crippen LogP contribution in [-0.2, 0) is 0 Å². The highest BCUT2D eigenvalue weighted by molar-refractivity contribution is 6.35. The van der Waals surface area contributed by atoms with E-state index in [1.165, 1.54) is 30.3 Å². The number of nitro groups is 1. The molecule has 2 aromatic rings. The number of nitro benzene ring substituents is 1. The third kappa shape index (κ3) is 3.62. The summed E-state index contributed by atoms with van der Waals surface area (Å²) in [5.41, 5.74) is -0.0387. The monoisotopic (exact) mass is 326 g/mol. The van der Waals surface area contributed by atoms with Crippen molar-refractivity contribution in [3.63, 3.8) is 0 Å². The highest BCUT2D eigenvalue weighted by atomic mass is 35.5. The van der Waals surface area contributed by atoms with Crippen molar-refractivity contribution in [3.05, 3.63) is 62.1 Å². The first-order chi connectivity index (χ1) is 9.86. The molecule has 0 atom stereocenters. The Morgan fingerprint density at radius 2 is 1.76 bits per heavy atom. The van der Waals surface area contributed by atoms with Crippen LogP contribution in [0, 0.1) is 10.1 Å². The molecule has 0 heterocycles. The number of carbonyl (C=O) groups is 1. The largest absolute Gasteiger partial charge is 0.506 e. The van der Waals surface area contributed by atoms with E-state index in [0.717, 1.165) is 6.07 Å². The number of non-ortho nitro benzene ring substituents is 1. The number of rotatable bonds is 3.